The lowest BCUT2D eigenvalue weighted by Crippen LogP contribution is -2.12. The van der Waals surface area contributed by atoms with E-state index in [0.717, 1.165) is 27.2 Å². The molecule has 0 radical (unpaired) electrons. The third-order valence-electron chi connectivity index (χ3n) is 3.50. The zero-order chi connectivity index (χ0) is 20.7. The van der Waals surface area contributed by atoms with Gasteiger partial charge < -0.3 is 4.40 Å². The average Bonchev–Trinajstić information content (AvgIpc) is 3.06. The SMILES string of the molecule is C=C/C(C(=C)C)=C(/C)c1c(Cl)cc(C(F)(F)F)n2cccc12.CC.CC. The molecule has 26 heavy (non-hydrogen) atoms. The first-order valence-corrected chi connectivity index (χ1v) is 8.92. The van der Waals surface area contributed by atoms with E-state index in [0.29, 0.717) is 11.1 Å². The van der Waals surface area contributed by atoms with Crippen LogP contribution in [0.5, 0.6) is 0 Å². The van der Waals surface area contributed by atoms with Crippen LogP contribution in [-0.4, -0.2) is 4.40 Å². The van der Waals surface area contributed by atoms with Crippen LogP contribution >= 0.6 is 11.6 Å². The van der Waals surface area contributed by atoms with Gasteiger partial charge in [-0.3, -0.25) is 0 Å². The molecule has 1 nitrogen and oxygen atoms in total. The molecule has 0 fully saturated rings. The lowest BCUT2D eigenvalue weighted by atomic mass is 9.96. The van der Waals surface area contributed by atoms with E-state index in [2.05, 4.69) is 13.2 Å². The molecule has 0 aliphatic heterocycles. The highest BCUT2D eigenvalue weighted by Gasteiger charge is 2.34. The van der Waals surface area contributed by atoms with Gasteiger partial charge in [-0.1, -0.05) is 64.1 Å². The lowest BCUT2D eigenvalue weighted by Gasteiger charge is -2.17. The molecule has 0 atom stereocenters. The van der Waals surface area contributed by atoms with Crippen LogP contribution in [0.3, 0.4) is 0 Å². The van der Waals surface area contributed by atoms with Crippen molar-refractivity contribution in [3.63, 3.8) is 0 Å². The summed E-state index contributed by atoms with van der Waals surface area (Å²) in [7, 11) is 0. The van der Waals surface area contributed by atoms with E-state index in [-0.39, 0.29) is 5.02 Å². The molecule has 0 aromatic carbocycles. The summed E-state index contributed by atoms with van der Waals surface area (Å²) in [4.78, 5) is 0. The first-order valence-electron chi connectivity index (χ1n) is 8.54. The van der Waals surface area contributed by atoms with E-state index in [1.54, 1.807) is 25.1 Å². The van der Waals surface area contributed by atoms with Gasteiger partial charge in [0.2, 0.25) is 0 Å². The number of hydrogen-bond donors (Lipinski definition) is 0. The van der Waals surface area contributed by atoms with E-state index < -0.39 is 11.9 Å². The molecule has 2 heterocycles. The Bertz CT molecular complexity index is 795. The van der Waals surface area contributed by atoms with Gasteiger partial charge in [0.1, 0.15) is 5.69 Å². The van der Waals surface area contributed by atoms with Crippen LogP contribution in [-0.2, 0) is 6.18 Å². The largest absolute Gasteiger partial charge is 0.431 e. The predicted octanol–water partition coefficient (Wildman–Crippen LogP) is 8.20. The summed E-state index contributed by atoms with van der Waals surface area (Å²) in [5.41, 5.74) is 2.43. The van der Waals surface area contributed by atoms with Crippen molar-refractivity contribution in [2.45, 2.75) is 47.7 Å². The van der Waals surface area contributed by atoms with Crippen LogP contribution in [0, 0.1) is 0 Å². The summed E-state index contributed by atoms with van der Waals surface area (Å²) in [5.74, 6) is 0. The number of halogens is 4. The molecular formula is C21H27ClF3N. The third-order valence-corrected chi connectivity index (χ3v) is 3.80. The topological polar surface area (TPSA) is 4.41 Å². The Morgan fingerprint density at radius 3 is 2.12 bits per heavy atom. The summed E-state index contributed by atoms with van der Waals surface area (Å²) in [6, 6.07) is 4.12. The molecule has 0 bridgehead atoms. The van der Waals surface area contributed by atoms with Crippen LogP contribution in [0.25, 0.3) is 11.1 Å². The quantitative estimate of drug-likeness (QED) is 0.469. The second-order valence-electron chi connectivity index (χ2n) is 5.04. The molecule has 0 aliphatic carbocycles. The van der Waals surface area contributed by atoms with Gasteiger partial charge in [-0.15, -0.1) is 0 Å². The molecule has 2 rings (SSSR count). The summed E-state index contributed by atoms with van der Waals surface area (Å²) in [6.45, 7) is 19.2. The number of rotatable bonds is 3. The summed E-state index contributed by atoms with van der Waals surface area (Å²) in [5, 5.41) is 0.0524. The van der Waals surface area contributed by atoms with Gasteiger partial charge in [0, 0.05) is 11.8 Å². The molecule has 5 heteroatoms. The molecule has 0 saturated carbocycles. The van der Waals surface area contributed by atoms with Gasteiger partial charge in [-0.2, -0.15) is 13.2 Å². The third kappa shape index (κ3) is 5.04. The Morgan fingerprint density at radius 1 is 1.15 bits per heavy atom. The van der Waals surface area contributed by atoms with E-state index in [1.165, 1.54) is 6.20 Å². The van der Waals surface area contributed by atoms with Crippen molar-refractivity contribution in [3.8, 4) is 0 Å². The predicted molar refractivity (Wildman–Crippen MR) is 108 cm³/mol. The summed E-state index contributed by atoms with van der Waals surface area (Å²) in [6.07, 6.45) is -1.47. The molecule has 0 aliphatic rings. The second kappa shape index (κ2) is 10.3. The summed E-state index contributed by atoms with van der Waals surface area (Å²) >= 11 is 6.16. The fourth-order valence-corrected chi connectivity index (χ4v) is 2.89. The summed E-state index contributed by atoms with van der Waals surface area (Å²) < 4.78 is 40.5. The number of pyridine rings is 1. The number of alkyl halides is 3. The van der Waals surface area contributed by atoms with Gasteiger partial charge in [0.05, 0.1) is 10.5 Å². The minimum absolute atomic E-state index is 0.0524. The van der Waals surface area contributed by atoms with Crippen LogP contribution in [0.2, 0.25) is 5.02 Å². The van der Waals surface area contributed by atoms with Crippen molar-refractivity contribution >= 4 is 22.7 Å². The van der Waals surface area contributed by atoms with Gasteiger partial charge in [0.15, 0.2) is 0 Å². The Hall–Kier alpha value is -1.94. The number of fused-ring (bicyclic) bond motifs is 1. The molecule has 0 spiro atoms. The molecule has 2 aromatic heterocycles. The van der Waals surface area contributed by atoms with Gasteiger partial charge >= 0.3 is 6.18 Å². The Balaban J connectivity index is 0.00000146. The van der Waals surface area contributed by atoms with Crippen LogP contribution in [0.4, 0.5) is 13.2 Å². The zero-order valence-electron chi connectivity index (χ0n) is 16.3. The maximum Gasteiger partial charge on any atom is 0.431 e. The monoisotopic (exact) mass is 385 g/mol. The van der Waals surface area contributed by atoms with Gasteiger partial charge in [-0.05, 0) is 43.2 Å². The first kappa shape index (κ1) is 24.1. The fraction of sp³-hybridized carbons (Fsp3) is 0.333. The molecule has 144 valence electrons. The molecule has 0 N–H and O–H groups in total. The normalized spacial score (nSPS) is 11.6. The fourth-order valence-electron chi connectivity index (χ4n) is 2.55. The molecule has 0 amide bonds. The smallest absolute Gasteiger partial charge is 0.312 e. The molecular weight excluding hydrogens is 359 g/mol. The number of allylic oxidation sites excluding steroid dienone is 4. The minimum atomic E-state index is -4.48. The van der Waals surface area contributed by atoms with E-state index in [4.69, 9.17) is 11.6 Å². The number of aromatic nitrogens is 1. The first-order chi connectivity index (χ1) is 12.2. The van der Waals surface area contributed by atoms with Crippen molar-refractivity contribution in [3.05, 3.63) is 71.1 Å². The van der Waals surface area contributed by atoms with E-state index in [9.17, 15) is 13.2 Å². The molecule has 0 unspecified atom stereocenters. The van der Waals surface area contributed by atoms with Crippen molar-refractivity contribution in [2.75, 3.05) is 0 Å². The van der Waals surface area contributed by atoms with E-state index >= 15 is 0 Å². The van der Waals surface area contributed by atoms with Gasteiger partial charge in [-0.25, -0.2) is 0 Å². The Kier molecular flexibility index (Phi) is 9.50. The lowest BCUT2D eigenvalue weighted by molar-refractivity contribution is -0.142. The highest BCUT2D eigenvalue weighted by Crippen LogP contribution is 2.38. The number of nitrogens with zero attached hydrogens (tertiary/aromatic N) is 1. The second-order valence-corrected chi connectivity index (χ2v) is 5.44. The van der Waals surface area contributed by atoms with Crippen LogP contribution in [0.1, 0.15) is 52.8 Å². The standard InChI is InChI=1S/C17H15ClF3N.2C2H6/c1-5-12(10(2)3)11(4)16-13(18)9-15(17(19,20)21)22-8-6-7-14(16)22;2*1-2/h5-9H,1-2H2,3-4H3;2*1-2H3/b12-11+;;. The average molecular weight is 386 g/mol. The maximum atomic E-state index is 13.1. The Morgan fingerprint density at radius 2 is 1.69 bits per heavy atom. The highest BCUT2D eigenvalue weighted by atomic mass is 35.5. The van der Waals surface area contributed by atoms with Crippen LogP contribution < -0.4 is 0 Å². The van der Waals surface area contributed by atoms with Crippen molar-refractivity contribution in [1.82, 2.24) is 4.40 Å². The van der Waals surface area contributed by atoms with Crippen molar-refractivity contribution in [1.29, 1.82) is 0 Å². The van der Waals surface area contributed by atoms with Crippen molar-refractivity contribution in [2.24, 2.45) is 0 Å². The molecule has 2 aromatic rings. The van der Waals surface area contributed by atoms with Crippen LogP contribution in [0.15, 0.2) is 54.8 Å². The molecule has 0 saturated heterocycles. The highest BCUT2D eigenvalue weighted by molar-refractivity contribution is 6.33. The van der Waals surface area contributed by atoms with E-state index in [1.807, 2.05) is 34.6 Å². The van der Waals surface area contributed by atoms with Gasteiger partial charge in [0.25, 0.3) is 0 Å². The van der Waals surface area contributed by atoms with Crippen molar-refractivity contribution < 1.29 is 13.2 Å². The zero-order valence-corrected chi connectivity index (χ0v) is 17.0. The minimum Gasteiger partial charge on any atom is -0.312 e. The Labute approximate surface area is 159 Å². The number of hydrogen-bond acceptors (Lipinski definition) is 0. The maximum absolute atomic E-state index is 13.1.